The Hall–Kier alpha value is -6.64. The third-order valence-corrected chi connectivity index (χ3v) is 7.99. The van der Waals surface area contributed by atoms with Crippen molar-refractivity contribution in [1.29, 1.82) is 0 Å². The smallest absolute Gasteiger partial charge is 0.0648 e. The number of hydrogen-bond donors (Lipinski definition) is 0. The predicted molar refractivity (Wildman–Crippen MR) is 216 cm³/mol. The molecule has 0 fully saturated rings. The van der Waals surface area contributed by atoms with Gasteiger partial charge in [-0.05, 0) is 106 Å². The van der Waals surface area contributed by atoms with E-state index in [0.717, 1.165) is 4.57 Å². The average Bonchev–Trinajstić information content (AvgIpc) is 1.84. The maximum absolute atomic E-state index is 9.89. The predicted octanol–water partition coefficient (Wildman–Crippen LogP) is 13.2. The Morgan fingerprint density at radius 2 is 0.725 bits per heavy atom. The molecule has 0 radical (unpaired) electrons. The SMILES string of the molecule is [2H]c1c([2H])c([2H])c(-c2c([2H])c([2H])c(-n3c4c([2H])c([2H])c([2H])c([2H])c4c4c([2H])c(-c5c([2H])c([2H])c6c(c5[2H])c5c([2H])c([2H])c(C)c([2H])c5n6-c5c([2H])c([2H])c(-c6c([2H])c([2H])c([2H])c([2H])c6[2H])c([2H])c5[2H])c([2H])c([2H])c43)c([2H])c2[2H])c([2H])c1[2H]. The van der Waals surface area contributed by atoms with E-state index in [9.17, 15) is 16.4 Å². The van der Waals surface area contributed by atoms with Crippen LogP contribution < -0.4 is 0 Å². The summed E-state index contributed by atoms with van der Waals surface area (Å²) in [5.41, 5.74) is -9.00. The fourth-order valence-electron chi connectivity index (χ4n) is 5.74. The van der Waals surface area contributed by atoms with Crippen molar-refractivity contribution in [2.45, 2.75) is 6.92 Å². The van der Waals surface area contributed by atoms with Gasteiger partial charge in [-0.25, -0.2) is 0 Å². The van der Waals surface area contributed by atoms with Crippen molar-refractivity contribution in [1.82, 2.24) is 9.13 Å². The van der Waals surface area contributed by atoms with E-state index >= 15 is 0 Å². The molecule has 0 aliphatic heterocycles. The fourth-order valence-corrected chi connectivity index (χ4v) is 5.74. The van der Waals surface area contributed by atoms with E-state index in [2.05, 4.69) is 0 Å². The molecule has 2 aromatic heterocycles. The highest BCUT2D eigenvalue weighted by molar-refractivity contribution is 6.12. The summed E-state index contributed by atoms with van der Waals surface area (Å²) >= 11 is 0. The van der Waals surface area contributed by atoms with Crippen molar-refractivity contribution in [3.63, 3.8) is 0 Å². The number of fused-ring (bicyclic) bond motifs is 6. The van der Waals surface area contributed by atoms with Gasteiger partial charge in [0.2, 0.25) is 0 Å². The second-order valence-electron chi connectivity index (χ2n) is 11.0. The highest BCUT2D eigenvalue weighted by Gasteiger charge is 2.16. The van der Waals surface area contributed by atoms with Crippen LogP contribution in [0.25, 0.3) is 88.4 Å². The van der Waals surface area contributed by atoms with Gasteiger partial charge in [0.25, 0.3) is 0 Å². The quantitative estimate of drug-likeness (QED) is 0.171. The molecular formula is C49H34N2. The molecule has 10 aromatic rings. The first kappa shape index (κ1) is 11.7. The van der Waals surface area contributed by atoms with E-state index in [1.807, 2.05) is 0 Å². The zero-order valence-electron chi connectivity index (χ0n) is 56.9. The summed E-state index contributed by atoms with van der Waals surface area (Å²) in [7, 11) is 0. The van der Waals surface area contributed by atoms with Crippen LogP contribution in [-0.2, 0) is 0 Å². The highest BCUT2D eigenvalue weighted by atomic mass is 15.0. The molecule has 0 amide bonds. The second kappa shape index (κ2) is 11.8. The molecule has 0 atom stereocenters. The van der Waals surface area contributed by atoms with Crippen molar-refractivity contribution in [2.24, 2.45) is 0 Å². The van der Waals surface area contributed by atoms with Gasteiger partial charge in [-0.2, -0.15) is 0 Å². The third kappa shape index (κ3) is 4.87. The summed E-state index contributed by atoms with van der Waals surface area (Å²) in [6.45, 7) is 1.26. The molecule has 0 saturated carbocycles. The van der Waals surface area contributed by atoms with Crippen molar-refractivity contribution >= 4 is 43.6 Å². The standard InChI is InChI=1S/C49H34N2/c1-33-16-27-43-45-32-39(22-29-48(45)51(49(43)30-33)41-25-19-37(20-26-41)35-12-6-3-7-13-35)38-21-28-47-44(31-38)42-14-8-9-15-46(42)50(47)40-23-17-36(18-24-40)34-10-4-2-5-11-34/h2-32H,1H3/i2D,3D,4D,5D,6D,7D,8D,9D,10D,11D,12D,13D,14D,15D,16D,17D,18D,19D,20D,21D,22D,23D,24D,25D,26D,27D,28D,29D,30D,31D,32D. The Labute approximate surface area is 340 Å². The van der Waals surface area contributed by atoms with Crippen molar-refractivity contribution < 1.29 is 42.5 Å². The fraction of sp³-hybridized carbons (Fsp3) is 0.0204. The zero-order valence-corrected chi connectivity index (χ0v) is 25.9. The van der Waals surface area contributed by atoms with E-state index in [1.54, 1.807) is 0 Å². The molecule has 0 aliphatic carbocycles. The molecule has 0 aliphatic rings. The topological polar surface area (TPSA) is 9.86 Å². The number of nitrogens with zero attached hydrogens (tertiary/aromatic N) is 2. The Bertz CT molecular complexity index is 4300. The summed E-state index contributed by atoms with van der Waals surface area (Å²) < 4.78 is 280. The molecule has 0 bridgehead atoms. The van der Waals surface area contributed by atoms with Crippen LogP contribution in [0, 0.1) is 6.92 Å². The van der Waals surface area contributed by atoms with Crippen LogP contribution in [0.4, 0.5) is 0 Å². The lowest BCUT2D eigenvalue weighted by Crippen LogP contribution is -1.94. The lowest BCUT2D eigenvalue weighted by molar-refractivity contribution is 1.18. The van der Waals surface area contributed by atoms with Gasteiger partial charge in [0.05, 0.1) is 64.6 Å². The molecular weight excluding hydrogens is 617 g/mol. The van der Waals surface area contributed by atoms with Crippen LogP contribution in [-0.4, -0.2) is 9.13 Å². The average molecular weight is 682 g/mol. The summed E-state index contributed by atoms with van der Waals surface area (Å²) in [5.74, 6) is 0. The van der Waals surface area contributed by atoms with Gasteiger partial charge in [-0.1, -0.05) is 127 Å². The maximum Gasteiger partial charge on any atom is 0.0648 e. The minimum Gasteiger partial charge on any atom is -0.309 e. The van der Waals surface area contributed by atoms with Gasteiger partial charge in [0.1, 0.15) is 0 Å². The second-order valence-corrected chi connectivity index (χ2v) is 11.0. The van der Waals surface area contributed by atoms with Gasteiger partial charge < -0.3 is 9.13 Å². The van der Waals surface area contributed by atoms with Crippen LogP contribution in [0.5, 0.6) is 0 Å². The molecule has 51 heavy (non-hydrogen) atoms. The summed E-state index contributed by atoms with van der Waals surface area (Å²) in [6, 6.07) is -28.5. The van der Waals surface area contributed by atoms with Gasteiger partial charge in [-0.15, -0.1) is 0 Å². The minimum atomic E-state index is -1.07. The lowest BCUT2D eigenvalue weighted by Gasteiger charge is -2.11. The largest absolute Gasteiger partial charge is 0.309 e. The molecule has 10 rings (SSSR count). The Morgan fingerprint density at radius 3 is 1.27 bits per heavy atom. The Balaban J connectivity index is 1.36. The zero-order chi connectivity index (χ0) is 60.9. The van der Waals surface area contributed by atoms with Crippen LogP contribution in [0.1, 0.15) is 48.1 Å². The van der Waals surface area contributed by atoms with Gasteiger partial charge in [0.15, 0.2) is 0 Å². The normalized spacial score (nSPS) is 20.1. The Morgan fingerprint density at radius 1 is 0.314 bits per heavy atom. The molecule has 8 aromatic carbocycles. The lowest BCUT2D eigenvalue weighted by atomic mass is 10.0. The first-order valence-corrected chi connectivity index (χ1v) is 15.1. The number of benzene rings is 8. The first-order chi connectivity index (χ1) is 38.1. The third-order valence-electron chi connectivity index (χ3n) is 7.99. The highest BCUT2D eigenvalue weighted by Crippen LogP contribution is 2.39. The maximum atomic E-state index is 9.89. The monoisotopic (exact) mass is 681 g/mol. The van der Waals surface area contributed by atoms with Crippen molar-refractivity contribution in [2.75, 3.05) is 0 Å². The van der Waals surface area contributed by atoms with E-state index in [-0.39, 0.29) is 5.56 Å². The molecule has 2 nitrogen and oxygen atoms in total. The molecule has 2 heterocycles. The van der Waals surface area contributed by atoms with Crippen LogP contribution in [0.3, 0.4) is 0 Å². The summed E-state index contributed by atoms with van der Waals surface area (Å²) in [6.07, 6.45) is 0. The molecule has 0 spiro atoms. The molecule has 2 heteroatoms. The van der Waals surface area contributed by atoms with Crippen LogP contribution in [0.2, 0.25) is 0 Å². The van der Waals surface area contributed by atoms with E-state index < -0.39 is 276 Å². The molecule has 0 N–H and O–H groups in total. The number of rotatable bonds is 5. The number of hydrogen-bond acceptors (Lipinski definition) is 0. The Kier molecular flexibility index (Phi) is 2.70. The van der Waals surface area contributed by atoms with Gasteiger partial charge in [-0.3, -0.25) is 0 Å². The van der Waals surface area contributed by atoms with E-state index in [1.165, 1.54) is 6.92 Å². The van der Waals surface area contributed by atoms with Crippen LogP contribution >= 0.6 is 0 Å². The summed E-state index contributed by atoms with van der Waals surface area (Å²) in [5, 5.41) is -2.39. The number of para-hydroxylation sites is 1. The first-order valence-electron chi connectivity index (χ1n) is 30.6. The van der Waals surface area contributed by atoms with Gasteiger partial charge in [0, 0.05) is 32.9 Å². The van der Waals surface area contributed by atoms with Crippen LogP contribution in [0.15, 0.2) is 187 Å². The van der Waals surface area contributed by atoms with E-state index in [0.29, 0.717) is 4.57 Å². The molecule has 0 saturated heterocycles. The minimum absolute atomic E-state index is 0.199. The van der Waals surface area contributed by atoms with Gasteiger partial charge >= 0.3 is 0 Å². The molecule has 0 unspecified atom stereocenters. The van der Waals surface area contributed by atoms with Crippen molar-refractivity contribution in [3.05, 3.63) is 193 Å². The number of aromatic nitrogens is 2. The molecule has 240 valence electrons. The summed E-state index contributed by atoms with van der Waals surface area (Å²) in [4.78, 5) is 0. The van der Waals surface area contributed by atoms with Crippen molar-refractivity contribution in [3.8, 4) is 44.8 Å². The van der Waals surface area contributed by atoms with E-state index in [4.69, 9.17) is 26.0 Å².